The van der Waals surface area contributed by atoms with Crippen molar-refractivity contribution >= 4 is 23.7 Å². The topological polar surface area (TPSA) is 34.1 Å². The summed E-state index contributed by atoms with van der Waals surface area (Å²) >= 11 is 0. The van der Waals surface area contributed by atoms with Gasteiger partial charge >= 0.3 is 0 Å². The molecule has 0 N–H and O–H groups in total. The zero-order valence-corrected chi connectivity index (χ0v) is 12.9. The first-order valence-electron chi connectivity index (χ1n) is 7.05. The van der Waals surface area contributed by atoms with Crippen molar-refractivity contribution < 1.29 is 9.59 Å². The zero-order chi connectivity index (χ0) is 16.2. The van der Waals surface area contributed by atoms with Crippen LogP contribution in [0.1, 0.15) is 25.0 Å². The third-order valence-electron chi connectivity index (χ3n) is 2.62. The third-order valence-corrected chi connectivity index (χ3v) is 2.62. The molecule has 0 bridgehead atoms. The Bertz CT molecular complexity index is 578. The molecule has 0 aromatic heterocycles. The molecule has 22 heavy (non-hydrogen) atoms. The second kappa shape index (κ2) is 10.1. The first kappa shape index (κ1) is 17.3. The van der Waals surface area contributed by atoms with E-state index in [0.29, 0.717) is 0 Å². The largest absolute Gasteiger partial charge is 0.295 e. The molecule has 0 amide bonds. The van der Waals surface area contributed by atoms with E-state index in [9.17, 15) is 9.59 Å². The molecule has 2 rings (SSSR count). The summed E-state index contributed by atoms with van der Waals surface area (Å²) < 4.78 is 0. The Morgan fingerprint density at radius 2 is 0.955 bits per heavy atom. The molecule has 0 saturated heterocycles. The van der Waals surface area contributed by atoms with Crippen molar-refractivity contribution in [1.82, 2.24) is 0 Å². The van der Waals surface area contributed by atoms with Crippen molar-refractivity contribution in [2.75, 3.05) is 0 Å². The average molecular weight is 292 g/mol. The highest BCUT2D eigenvalue weighted by Gasteiger charge is 1.84. The SMILES string of the molecule is CC(=O)/C=C/c1ccccc1.CC(=O)/C=C/c1ccccc1. The normalized spacial score (nSPS) is 10.3. The van der Waals surface area contributed by atoms with Gasteiger partial charge in [0.1, 0.15) is 0 Å². The van der Waals surface area contributed by atoms with E-state index in [4.69, 9.17) is 0 Å². The predicted octanol–water partition coefficient (Wildman–Crippen LogP) is 4.58. The van der Waals surface area contributed by atoms with E-state index in [1.165, 1.54) is 0 Å². The fourth-order valence-corrected chi connectivity index (χ4v) is 1.56. The van der Waals surface area contributed by atoms with E-state index < -0.39 is 0 Å². The van der Waals surface area contributed by atoms with Gasteiger partial charge in [0.2, 0.25) is 0 Å². The molecule has 0 radical (unpaired) electrons. The van der Waals surface area contributed by atoms with Gasteiger partial charge in [-0.2, -0.15) is 0 Å². The second-order valence-electron chi connectivity index (χ2n) is 4.71. The maximum Gasteiger partial charge on any atom is 0.152 e. The number of benzene rings is 2. The standard InChI is InChI=1S/2C10H10O/c2*1-9(11)7-8-10-5-3-2-4-6-10/h2*2-8H,1H3/b2*8-7+. The third kappa shape index (κ3) is 8.43. The van der Waals surface area contributed by atoms with Gasteiger partial charge in [-0.05, 0) is 37.1 Å². The Hall–Kier alpha value is -2.74. The summed E-state index contributed by atoms with van der Waals surface area (Å²) in [7, 11) is 0. The average Bonchev–Trinajstić information content (AvgIpc) is 2.53. The highest BCUT2D eigenvalue weighted by atomic mass is 16.1. The number of carbonyl (C=O) groups excluding carboxylic acids is 2. The molecule has 0 aliphatic rings. The van der Waals surface area contributed by atoms with E-state index in [2.05, 4.69) is 0 Å². The highest BCUT2D eigenvalue weighted by Crippen LogP contribution is 2.01. The molecule has 0 fully saturated rings. The quantitative estimate of drug-likeness (QED) is 0.773. The lowest BCUT2D eigenvalue weighted by molar-refractivity contribution is -0.113. The lowest BCUT2D eigenvalue weighted by Crippen LogP contribution is -1.79. The molecule has 2 heteroatoms. The Balaban J connectivity index is 0.000000220. The molecule has 2 nitrogen and oxygen atoms in total. The predicted molar refractivity (Wildman–Crippen MR) is 92.3 cm³/mol. The van der Waals surface area contributed by atoms with E-state index in [1.54, 1.807) is 26.0 Å². The van der Waals surface area contributed by atoms with Gasteiger partial charge in [0.15, 0.2) is 11.6 Å². The molecule has 0 aliphatic heterocycles. The monoisotopic (exact) mass is 292 g/mol. The van der Waals surface area contributed by atoms with Gasteiger partial charge in [0.25, 0.3) is 0 Å². The van der Waals surface area contributed by atoms with Crippen molar-refractivity contribution in [1.29, 1.82) is 0 Å². The van der Waals surface area contributed by atoms with Crippen LogP contribution in [0.2, 0.25) is 0 Å². The molecule has 0 spiro atoms. The minimum absolute atomic E-state index is 0.0776. The smallest absolute Gasteiger partial charge is 0.152 e. The molecular formula is C20H20O2. The molecule has 0 aliphatic carbocycles. The molecule has 112 valence electrons. The maximum absolute atomic E-state index is 10.5. The van der Waals surface area contributed by atoms with Gasteiger partial charge in [0.05, 0.1) is 0 Å². The summed E-state index contributed by atoms with van der Waals surface area (Å²) in [5.41, 5.74) is 2.12. The van der Waals surface area contributed by atoms with Gasteiger partial charge in [-0.25, -0.2) is 0 Å². The number of hydrogen-bond donors (Lipinski definition) is 0. The molecule has 0 heterocycles. The van der Waals surface area contributed by atoms with E-state index in [-0.39, 0.29) is 11.6 Å². The number of rotatable bonds is 4. The molecule has 0 unspecified atom stereocenters. The van der Waals surface area contributed by atoms with Crippen LogP contribution in [0.4, 0.5) is 0 Å². The van der Waals surface area contributed by atoms with Crippen LogP contribution in [-0.2, 0) is 9.59 Å². The van der Waals surface area contributed by atoms with Crippen molar-refractivity contribution in [2.24, 2.45) is 0 Å². The van der Waals surface area contributed by atoms with Crippen molar-refractivity contribution in [3.05, 3.63) is 83.9 Å². The van der Waals surface area contributed by atoms with Crippen LogP contribution >= 0.6 is 0 Å². The van der Waals surface area contributed by atoms with Crippen LogP contribution in [0, 0.1) is 0 Å². The van der Waals surface area contributed by atoms with E-state index in [1.807, 2.05) is 72.8 Å². The summed E-state index contributed by atoms with van der Waals surface area (Å²) in [6.07, 6.45) is 6.75. The number of allylic oxidation sites excluding steroid dienone is 2. The summed E-state index contributed by atoms with van der Waals surface area (Å²) in [5.74, 6) is 0.155. The van der Waals surface area contributed by atoms with E-state index in [0.717, 1.165) is 11.1 Å². The second-order valence-corrected chi connectivity index (χ2v) is 4.71. The van der Waals surface area contributed by atoms with Gasteiger partial charge in [-0.3, -0.25) is 9.59 Å². The number of hydrogen-bond acceptors (Lipinski definition) is 2. The summed E-state index contributed by atoms with van der Waals surface area (Å²) in [4.78, 5) is 21.1. The van der Waals surface area contributed by atoms with Gasteiger partial charge in [-0.1, -0.05) is 72.8 Å². The molecule has 0 atom stereocenters. The van der Waals surface area contributed by atoms with E-state index >= 15 is 0 Å². The molecular weight excluding hydrogens is 272 g/mol. The van der Waals surface area contributed by atoms with Gasteiger partial charge in [-0.15, -0.1) is 0 Å². The number of ketones is 2. The van der Waals surface area contributed by atoms with Crippen LogP contribution in [0.25, 0.3) is 12.2 Å². The molecule has 0 saturated carbocycles. The van der Waals surface area contributed by atoms with Crippen LogP contribution in [-0.4, -0.2) is 11.6 Å². The minimum Gasteiger partial charge on any atom is -0.295 e. The summed E-state index contributed by atoms with van der Waals surface area (Å²) in [6.45, 7) is 3.08. The van der Waals surface area contributed by atoms with Crippen LogP contribution in [0.15, 0.2) is 72.8 Å². The van der Waals surface area contributed by atoms with Crippen molar-refractivity contribution in [3.8, 4) is 0 Å². The summed E-state index contributed by atoms with van der Waals surface area (Å²) in [6, 6.07) is 19.5. The first-order valence-corrected chi connectivity index (χ1v) is 7.05. The summed E-state index contributed by atoms with van der Waals surface area (Å²) in [5, 5.41) is 0. The Morgan fingerprint density at radius 1 is 0.636 bits per heavy atom. The van der Waals surface area contributed by atoms with Crippen LogP contribution in [0.5, 0.6) is 0 Å². The van der Waals surface area contributed by atoms with Crippen molar-refractivity contribution in [3.63, 3.8) is 0 Å². The first-order chi connectivity index (χ1) is 10.6. The Kier molecular flexibility index (Phi) is 7.91. The van der Waals surface area contributed by atoms with Crippen LogP contribution < -0.4 is 0 Å². The fraction of sp³-hybridized carbons (Fsp3) is 0.100. The fourth-order valence-electron chi connectivity index (χ4n) is 1.56. The van der Waals surface area contributed by atoms with Crippen LogP contribution in [0.3, 0.4) is 0 Å². The number of carbonyl (C=O) groups is 2. The van der Waals surface area contributed by atoms with Crippen molar-refractivity contribution in [2.45, 2.75) is 13.8 Å². The molecule has 2 aromatic carbocycles. The highest BCUT2D eigenvalue weighted by molar-refractivity contribution is 5.91. The minimum atomic E-state index is 0.0776. The Morgan fingerprint density at radius 3 is 1.23 bits per heavy atom. The van der Waals surface area contributed by atoms with Gasteiger partial charge < -0.3 is 0 Å². The Labute approximate surface area is 131 Å². The molecule has 2 aromatic rings. The maximum atomic E-state index is 10.5. The lowest BCUT2D eigenvalue weighted by Gasteiger charge is -1.88. The van der Waals surface area contributed by atoms with Gasteiger partial charge in [0, 0.05) is 0 Å². The lowest BCUT2D eigenvalue weighted by atomic mass is 10.2. The zero-order valence-electron chi connectivity index (χ0n) is 12.9.